The third-order valence-electron chi connectivity index (χ3n) is 5.36. The topological polar surface area (TPSA) is 63.1 Å². The summed E-state index contributed by atoms with van der Waals surface area (Å²) < 4.78 is 2.24. The highest BCUT2D eigenvalue weighted by atomic mass is 35.5. The normalized spacial score (nSPS) is 17.8. The summed E-state index contributed by atoms with van der Waals surface area (Å²) in [6.45, 7) is 6.34. The molecule has 2 heterocycles. The molecule has 4 rings (SSSR count). The quantitative estimate of drug-likeness (QED) is 0.696. The van der Waals surface area contributed by atoms with E-state index in [1.807, 2.05) is 25.1 Å². The second-order valence-corrected chi connectivity index (χ2v) is 9.22. The lowest BCUT2D eigenvalue weighted by Gasteiger charge is -2.31. The van der Waals surface area contributed by atoms with Crippen LogP contribution in [0, 0.1) is 12.8 Å². The lowest BCUT2D eigenvalue weighted by Crippen LogP contribution is -2.34. The van der Waals surface area contributed by atoms with Crippen molar-refractivity contribution < 1.29 is 4.79 Å². The van der Waals surface area contributed by atoms with Gasteiger partial charge < -0.3 is 10.2 Å². The van der Waals surface area contributed by atoms with Crippen LogP contribution in [0.3, 0.4) is 0 Å². The van der Waals surface area contributed by atoms with Crippen LogP contribution in [0.15, 0.2) is 23.4 Å². The number of amides is 1. The molecule has 0 radical (unpaired) electrons. The van der Waals surface area contributed by atoms with Crippen LogP contribution in [-0.4, -0.2) is 39.5 Å². The molecule has 0 spiro atoms. The number of hydrogen-bond donors (Lipinski definition) is 1. The first kappa shape index (κ1) is 19.6. The van der Waals surface area contributed by atoms with E-state index in [0.29, 0.717) is 16.8 Å². The molecule has 2 fully saturated rings. The first-order valence-corrected chi connectivity index (χ1v) is 11.3. The van der Waals surface area contributed by atoms with Gasteiger partial charge in [-0.3, -0.25) is 9.36 Å². The van der Waals surface area contributed by atoms with E-state index in [1.165, 1.54) is 24.6 Å². The van der Waals surface area contributed by atoms with Gasteiger partial charge in [0.15, 0.2) is 5.16 Å². The van der Waals surface area contributed by atoms with Crippen molar-refractivity contribution >= 4 is 40.9 Å². The fourth-order valence-electron chi connectivity index (χ4n) is 3.48. The molecule has 1 saturated carbocycles. The highest BCUT2D eigenvalue weighted by molar-refractivity contribution is 7.99. The zero-order valence-corrected chi connectivity index (χ0v) is 17.9. The first-order valence-electron chi connectivity index (χ1n) is 9.90. The molecule has 1 aromatic heterocycles. The van der Waals surface area contributed by atoms with E-state index in [2.05, 4.69) is 31.9 Å². The van der Waals surface area contributed by atoms with Crippen molar-refractivity contribution in [2.75, 3.05) is 29.1 Å². The number of carbonyl (C=O) groups excluding carboxylic acids is 1. The van der Waals surface area contributed by atoms with E-state index in [1.54, 1.807) is 0 Å². The van der Waals surface area contributed by atoms with Crippen LogP contribution in [0.5, 0.6) is 0 Å². The molecule has 1 aliphatic heterocycles. The minimum absolute atomic E-state index is 0.0885. The maximum absolute atomic E-state index is 12.4. The lowest BCUT2D eigenvalue weighted by molar-refractivity contribution is -0.113. The van der Waals surface area contributed by atoms with Crippen LogP contribution in [0.4, 0.5) is 11.6 Å². The van der Waals surface area contributed by atoms with Crippen LogP contribution in [0.25, 0.3) is 0 Å². The number of anilines is 2. The predicted molar refractivity (Wildman–Crippen MR) is 114 cm³/mol. The van der Waals surface area contributed by atoms with Crippen LogP contribution < -0.4 is 10.2 Å². The van der Waals surface area contributed by atoms with Gasteiger partial charge in [0.1, 0.15) is 0 Å². The van der Waals surface area contributed by atoms with Gasteiger partial charge in [-0.1, -0.05) is 36.4 Å². The number of nitrogens with zero attached hydrogens (tertiary/aromatic N) is 4. The Bertz CT molecular complexity index is 858. The largest absolute Gasteiger partial charge is 0.341 e. The van der Waals surface area contributed by atoms with Crippen molar-refractivity contribution in [3.8, 4) is 0 Å². The average Bonchev–Trinajstić information content (AvgIpc) is 3.42. The van der Waals surface area contributed by atoms with E-state index in [0.717, 1.165) is 48.5 Å². The number of aromatic nitrogens is 3. The Morgan fingerprint density at radius 2 is 2.00 bits per heavy atom. The van der Waals surface area contributed by atoms with E-state index in [9.17, 15) is 4.79 Å². The van der Waals surface area contributed by atoms with Gasteiger partial charge in [0.25, 0.3) is 0 Å². The fraction of sp³-hybridized carbons (Fsp3) is 0.550. The van der Waals surface area contributed by atoms with Gasteiger partial charge in [-0.2, -0.15) is 0 Å². The maximum Gasteiger partial charge on any atom is 0.234 e. The van der Waals surface area contributed by atoms with Crippen LogP contribution in [0.1, 0.15) is 44.2 Å². The van der Waals surface area contributed by atoms with Crippen molar-refractivity contribution in [2.24, 2.45) is 5.92 Å². The Morgan fingerprint density at radius 3 is 2.68 bits per heavy atom. The predicted octanol–water partition coefficient (Wildman–Crippen LogP) is 4.54. The highest BCUT2D eigenvalue weighted by Crippen LogP contribution is 2.41. The minimum atomic E-state index is -0.0885. The average molecular weight is 420 g/mol. The number of rotatable bonds is 6. The molecule has 0 atom stereocenters. The van der Waals surface area contributed by atoms with Gasteiger partial charge in [0.05, 0.1) is 16.5 Å². The number of benzene rings is 1. The Hall–Kier alpha value is -1.73. The van der Waals surface area contributed by atoms with Crippen molar-refractivity contribution in [1.29, 1.82) is 0 Å². The molecule has 28 heavy (non-hydrogen) atoms. The van der Waals surface area contributed by atoms with Gasteiger partial charge in [0, 0.05) is 19.1 Å². The number of hydrogen-bond acceptors (Lipinski definition) is 5. The zero-order valence-electron chi connectivity index (χ0n) is 16.3. The number of aryl methyl sites for hydroxylation is 1. The molecule has 1 N–H and O–H groups in total. The molecule has 150 valence electrons. The Morgan fingerprint density at radius 1 is 1.25 bits per heavy atom. The van der Waals surface area contributed by atoms with Crippen LogP contribution in [-0.2, 0) is 4.79 Å². The smallest absolute Gasteiger partial charge is 0.234 e. The number of nitrogens with one attached hydrogen (secondary N) is 1. The molecule has 0 bridgehead atoms. The zero-order chi connectivity index (χ0) is 19.7. The molecule has 1 aliphatic carbocycles. The molecule has 1 amide bonds. The number of piperidine rings is 1. The standard InChI is InChI=1S/C20H26ClN5OS/c1-13-7-9-25(10-8-13)19-23-24-20(26(19)15-4-5-15)28-12-18(27)22-17-6-3-14(2)11-16(17)21/h3,6,11,13,15H,4-5,7-10,12H2,1-2H3,(H,22,27). The molecule has 1 aromatic carbocycles. The number of halogens is 1. The molecule has 6 nitrogen and oxygen atoms in total. The second kappa shape index (κ2) is 8.33. The molecular formula is C20H26ClN5OS. The molecular weight excluding hydrogens is 394 g/mol. The van der Waals surface area contributed by atoms with E-state index < -0.39 is 0 Å². The summed E-state index contributed by atoms with van der Waals surface area (Å²) in [6, 6.07) is 6.09. The number of thioether (sulfide) groups is 1. The second-order valence-electron chi connectivity index (χ2n) is 7.87. The number of carbonyl (C=O) groups is 1. The van der Waals surface area contributed by atoms with Crippen molar-refractivity contribution in [2.45, 2.75) is 50.7 Å². The van der Waals surface area contributed by atoms with Gasteiger partial charge in [-0.25, -0.2) is 0 Å². The first-order chi connectivity index (χ1) is 13.5. The summed E-state index contributed by atoms with van der Waals surface area (Å²) in [7, 11) is 0. The molecule has 2 aromatic rings. The van der Waals surface area contributed by atoms with Crippen molar-refractivity contribution in [3.05, 3.63) is 28.8 Å². The summed E-state index contributed by atoms with van der Waals surface area (Å²) in [6.07, 6.45) is 4.71. The monoisotopic (exact) mass is 419 g/mol. The highest BCUT2D eigenvalue weighted by Gasteiger charge is 2.32. The van der Waals surface area contributed by atoms with Gasteiger partial charge in [-0.15, -0.1) is 10.2 Å². The Labute approximate surface area is 175 Å². The van der Waals surface area contributed by atoms with Crippen LogP contribution >= 0.6 is 23.4 Å². The van der Waals surface area contributed by atoms with E-state index in [4.69, 9.17) is 11.6 Å². The Kier molecular flexibility index (Phi) is 5.83. The van der Waals surface area contributed by atoms with Gasteiger partial charge in [0.2, 0.25) is 11.9 Å². The fourth-order valence-corrected chi connectivity index (χ4v) is 4.57. The molecule has 2 aliphatic rings. The summed E-state index contributed by atoms with van der Waals surface area (Å²) in [5.74, 6) is 1.94. The third-order valence-corrected chi connectivity index (χ3v) is 6.61. The van der Waals surface area contributed by atoms with E-state index in [-0.39, 0.29) is 11.7 Å². The van der Waals surface area contributed by atoms with Gasteiger partial charge in [-0.05, 0) is 56.2 Å². The molecule has 8 heteroatoms. The molecule has 0 unspecified atom stereocenters. The Balaban J connectivity index is 1.41. The van der Waals surface area contributed by atoms with Crippen molar-refractivity contribution in [3.63, 3.8) is 0 Å². The molecule has 1 saturated heterocycles. The van der Waals surface area contributed by atoms with Gasteiger partial charge >= 0.3 is 0 Å². The van der Waals surface area contributed by atoms with Crippen LogP contribution in [0.2, 0.25) is 5.02 Å². The van der Waals surface area contributed by atoms with E-state index >= 15 is 0 Å². The third kappa shape index (κ3) is 4.46. The SMILES string of the molecule is Cc1ccc(NC(=O)CSc2nnc(N3CCC(C)CC3)n2C2CC2)c(Cl)c1. The van der Waals surface area contributed by atoms with Crippen molar-refractivity contribution in [1.82, 2.24) is 14.8 Å². The summed E-state index contributed by atoms with van der Waals surface area (Å²) in [4.78, 5) is 14.8. The minimum Gasteiger partial charge on any atom is -0.341 e. The maximum atomic E-state index is 12.4. The summed E-state index contributed by atoms with van der Waals surface area (Å²) in [5.41, 5.74) is 1.71. The summed E-state index contributed by atoms with van der Waals surface area (Å²) in [5, 5.41) is 13.2. The lowest BCUT2D eigenvalue weighted by atomic mass is 10.00. The summed E-state index contributed by atoms with van der Waals surface area (Å²) >= 11 is 7.66.